The molecule has 1 aliphatic heterocycles. The number of carbonyl (C=O) groups excluding carboxylic acids is 1. The molecule has 1 aliphatic rings. The van der Waals surface area contributed by atoms with E-state index in [0.29, 0.717) is 24.6 Å². The van der Waals surface area contributed by atoms with E-state index in [1.54, 1.807) is 18.5 Å². The molecule has 3 N–H and O–H groups in total. The second kappa shape index (κ2) is 9.72. The van der Waals surface area contributed by atoms with Crippen molar-refractivity contribution >= 4 is 23.4 Å². The lowest BCUT2D eigenvalue weighted by Gasteiger charge is -2.26. The quantitative estimate of drug-likeness (QED) is 0.401. The Balaban J connectivity index is 1.42. The standard InChI is InChI=1S/C25H23FN6O2/c26-19-4-6-20(7-5-19)28-25(33)29-21-3-1-2-18(16-21)23-22(17-8-10-27-11-9-17)30-24(31-23)32-12-14-34-15-13-32/h1-11,16H,12-15H2,(H,30,31)(H2,28,29,33). The Hall–Kier alpha value is -4.24. The molecule has 4 aromatic rings. The van der Waals surface area contributed by atoms with Gasteiger partial charge in [-0.3, -0.25) is 4.98 Å². The molecule has 2 aromatic heterocycles. The number of hydrogen-bond acceptors (Lipinski definition) is 5. The summed E-state index contributed by atoms with van der Waals surface area (Å²) in [5.41, 5.74) is 4.56. The summed E-state index contributed by atoms with van der Waals surface area (Å²) in [7, 11) is 0. The van der Waals surface area contributed by atoms with Gasteiger partial charge in [-0.15, -0.1) is 0 Å². The van der Waals surface area contributed by atoms with Gasteiger partial charge in [-0.25, -0.2) is 14.2 Å². The number of morpholine rings is 1. The van der Waals surface area contributed by atoms with Crippen LogP contribution in [0.1, 0.15) is 0 Å². The van der Waals surface area contributed by atoms with Crippen LogP contribution in [0.4, 0.5) is 26.5 Å². The normalized spacial score (nSPS) is 13.5. The van der Waals surface area contributed by atoms with Gasteiger partial charge in [-0.05, 0) is 48.5 Å². The molecule has 0 radical (unpaired) electrons. The Labute approximate surface area is 195 Å². The molecule has 0 saturated carbocycles. The van der Waals surface area contributed by atoms with Crippen LogP contribution in [0.5, 0.6) is 0 Å². The Morgan fingerprint density at radius 2 is 1.68 bits per heavy atom. The van der Waals surface area contributed by atoms with Crippen LogP contribution < -0.4 is 15.5 Å². The first-order chi connectivity index (χ1) is 16.7. The van der Waals surface area contributed by atoms with Crippen molar-refractivity contribution in [2.45, 2.75) is 0 Å². The number of benzene rings is 2. The summed E-state index contributed by atoms with van der Waals surface area (Å²) in [5, 5.41) is 5.52. The van der Waals surface area contributed by atoms with Gasteiger partial charge in [0, 0.05) is 48.0 Å². The number of rotatable bonds is 5. The van der Waals surface area contributed by atoms with E-state index in [4.69, 9.17) is 9.72 Å². The molecule has 3 heterocycles. The van der Waals surface area contributed by atoms with Gasteiger partial charge in [0.1, 0.15) is 5.82 Å². The molecule has 0 spiro atoms. The zero-order valence-electron chi connectivity index (χ0n) is 18.3. The molecule has 9 heteroatoms. The third kappa shape index (κ3) is 4.89. The predicted octanol–water partition coefficient (Wildman–Crippen LogP) is 4.76. The van der Waals surface area contributed by atoms with Gasteiger partial charge in [0.15, 0.2) is 0 Å². The average molecular weight is 458 g/mol. The van der Waals surface area contributed by atoms with Gasteiger partial charge in [0.05, 0.1) is 24.6 Å². The number of ether oxygens (including phenoxy) is 1. The highest BCUT2D eigenvalue weighted by Gasteiger charge is 2.20. The molecule has 34 heavy (non-hydrogen) atoms. The van der Waals surface area contributed by atoms with Crippen LogP contribution in [-0.4, -0.2) is 47.3 Å². The number of carbonyl (C=O) groups is 1. The molecule has 0 atom stereocenters. The molecule has 2 amide bonds. The number of halogens is 1. The van der Waals surface area contributed by atoms with Gasteiger partial charge in [0.25, 0.3) is 0 Å². The number of pyridine rings is 1. The highest BCUT2D eigenvalue weighted by Crippen LogP contribution is 2.33. The smallest absolute Gasteiger partial charge is 0.323 e. The molecular weight excluding hydrogens is 435 g/mol. The topological polar surface area (TPSA) is 95.2 Å². The summed E-state index contributed by atoms with van der Waals surface area (Å²) < 4.78 is 18.6. The summed E-state index contributed by atoms with van der Waals surface area (Å²) in [6, 6.07) is 16.5. The number of nitrogens with one attached hydrogen (secondary N) is 3. The van der Waals surface area contributed by atoms with E-state index in [2.05, 4.69) is 25.5 Å². The summed E-state index contributed by atoms with van der Waals surface area (Å²) in [6.45, 7) is 2.83. The summed E-state index contributed by atoms with van der Waals surface area (Å²) in [4.78, 5) is 27.1. The molecule has 0 aliphatic carbocycles. The van der Waals surface area contributed by atoms with Crippen molar-refractivity contribution in [3.05, 3.63) is 78.9 Å². The number of urea groups is 1. The molecule has 1 fully saturated rings. The lowest BCUT2D eigenvalue weighted by atomic mass is 10.1. The highest BCUT2D eigenvalue weighted by molar-refractivity contribution is 6.00. The number of aromatic amines is 1. The van der Waals surface area contributed by atoms with Crippen LogP contribution >= 0.6 is 0 Å². The largest absolute Gasteiger partial charge is 0.378 e. The van der Waals surface area contributed by atoms with Crippen molar-refractivity contribution < 1.29 is 13.9 Å². The van der Waals surface area contributed by atoms with E-state index in [1.807, 2.05) is 30.3 Å². The average Bonchev–Trinajstić information content (AvgIpc) is 3.32. The Morgan fingerprint density at radius 3 is 2.44 bits per heavy atom. The number of nitrogens with zero attached hydrogens (tertiary/aromatic N) is 3. The van der Waals surface area contributed by atoms with Gasteiger partial charge in [0.2, 0.25) is 5.95 Å². The van der Waals surface area contributed by atoms with E-state index in [9.17, 15) is 9.18 Å². The summed E-state index contributed by atoms with van der Waals surface area (Å²) in [5.74, 6) is 0.414. The fourth-order valence-electron chi connectivity index (χ4n) is 3.79. The number of anilines is 3. The fraction of sp³-hybridized carbons (Fsp3) is 0.160. The molecule has 172 valence electrons. The van der Waals surface area contributed by atoms with Crippen LogP contribution in [0.3, 0.4) is 0 Å². The number of amides is 2. The van der Waals surface area contributed by atoms with Gasteiger partial charge in [-0.1, -0.05) is 12.1 Å². The first-order valence-corrected chi connectivity index (χ1v) is 10.9. The number of imidazole rings is 1. The summed E-state index contributed by atoms with van der Waals surface area (Å²) >= 11 is 0. The molecule has 8 nitrogen and oxygen atoms in total. The summed E-state index contributed by atoms with van der Waals surface area (Å²) in [6.07, 6.45) is 3.48. The van der Waals surface area contributed by atoms with Gasteiger partial charge in [-0.2, -0.15) is 0 Å². The second-order valence-corrected chi connectivity index (χ2v) is 7.79. The van der Waals surface area contributed by atoms with Gasteiger partial charge < -0.3 is 25.3 Å². The SMILES string of the molecule is O=C(Nc1ccc(F)cc1)Nc1cccc(-c2nc(N3CCOCC3)[nH]c2-c2ccncc2)c1. The highest BCUT2D eigenvalue weighted by atomic mass is 19.1. The van der Waals surface area contributed by atoms with E-state index in [-0.39, 0.29) is 5.82 Å². The first kappa shape index (κ1) is 21.6. The van der Waals surface area contributed by atoms with Crippen LogP contribution in [0.15, 0.2) is 73.1 Å². The van der Waals surface area contributed by atoms with Crippen LogP contribution in [0, 0.1) is 5.82 Å². The Kier molecular flexibility index (Phi) is 6.17. The number of H-pyrrole nitrogens is 1. The van der Waals surface area contributed by atoms with Crippen molar-refractivity contribution in [3.8, 4) is 22.5 Å². The van der Waals surface area contributed by atoms with Crippen molar-refractivity contribution in [1.29, 1.82) is 0 Å². The van der Waals surface area contributed by atoms with Crippen molar-refractivity contribution in [2.75, 3.05) is 41.8 Å². The maximum atomic E-state index is 13.1. The van der Waals surface area contributed by atoms with Crippen molar-refractivity contribution in [2.24, 2.45) is 0 Å². The third-order valence-electron chi connectivity index (χ3n) is 5.47. The zero-order chi connectivity index (χ0) is 23.3. The van der Waals surface area contributed by atoms with Crippen molar-refractivity contribution in [3.63, 3.8) is 0 Å². The zero-order valence-corrected chi connectivity index (χ0v) is 18.3. The Morgan fingerprint density at radius 1 is 0.941 bits per heavy atom. The maximum absolute atomic E-state index is 13.1. The monoisotopic (exact) mass is 458 g/mol. The van der Waals surface area contributed by atoms with E-state index in [0.717, 1.165) is 41.6 Å². The van der Waals surface area contributed by atoms with E-state index in [1.165, 1.54) is 24.3 Å². The van der Waals surface area contributed by atoms with Crippen LogP contribution in [0.2, 0.25) is 0 Å². The van der Waals surface area contributed by atoms with Crippen molar-refractivity contribution in [1.82, 2.24) is 15.0 Å². The van der Waals surface area contributed by atoms with Crippen LogP contribution in [0.25, 0.3) is 22.5 Å². The number of aromatic nitrogens is 3. The molecule has 0 unspecified atom stereocenters. The molecule has 1 saturated heterocycles. The van der Waals surface area contributed by atoms with E-state index < -0.39 is 6.03 Å². The maximum Gasteiger partial charge on any atom is 0.323 e. The Bertz CT molecular complexity index is 1270. The molecule has 2 aromatic carbocycles. The second-order valence-electron chi connectivity index (χ2n) is 7.79. The van der Waals surface area contributed by atoms with Gasteiger partial charge >= 0.3 is 6.03 Å². The minimum Gasteiger partial charge on any atom is -0.378 e. The minimum absolute atomic E-state index is 0.362. The van der Waals surface area contributed by atoms with Crippen LogP contribution in [-0.2, 0) is 4.74 Å². The molecule has 0 bridgehead atoms. The predicted molar refractivity (Wildman–Crippen MR) is 129 cm³/mol. The number of hydrogen-bond donors (Lipinski definition) is 3. The van der Waals surface area contributed by atoms with E-state index >= 15 is 0 Å². The lowest BCUT2D eigenvalue weighted by molar-refractivity contribution is 0.122. The molecular formula is C25H23FN6O2. The molecule has 5 rings (SSSR count). The lowest BCUT2D eigenvalue weighted by Crippen LogP contribution is -2.36. The third-order valence-corrected chi connectivity index (χ3v) is 5.47. The minimum atomic E-state index is -0.422. The fourth-order valence-corrected chi connectivity index (χ4v) is 3.79. The first-order valence-electron chi connectivity index (χ1n) is 10.9.